The molecular formula is C16H17ClN2O3. The Hall–Kier alpha value is -2.27. The molecule has 5 nitrogen and oxygen atoms in total. The summed E-state index contributed by atoms with van der Waals surface area (Å²) in [5.74, 6) is -0.0255. The van der Waals surface area contributed by atoms with Gasteiger partial charge in [-0.2, -0.15) is 0 Å². The minimum absolute atomic E-state index is 0.0824. The van der Waals surface area contributed by atoms with E-state index in [1.54, 1.807) is 24.3 Å². The molecule has 0 bridgehead atoms. The van der Waals surface area contributed by atoms with E-state index in [4.69, 9.17) is 16.0 Å². The van der Waals surface area contributed by atoms with E-state index in [0.29, 0.717) is 22.9 Å². The Bertz CT molecular complexity index is 667. The summed E-state index contributed by atoms with van der Waals surface area (Å²) >= 11 is 6.09. The molecule has 22 heavy (non-hydrogen) atoms. The Morgan fingerprint density at radius 3 is 2.64 bits per heavy atom. The van der Waals surface area contributed by atoms with E-state index in [-0.39, 0.29) is 18.2 Å². The van der Waals surface area contributed by atoms with Crippen LogP contribution in [-0.2, 0) is 4.79 Å². The molecule has 2 rings (SSSR count). The average Bonchev–Trinajstić information content (AvgIpc) is 3.00. The molecule has 0 saturated carbocycles. The lowest BCUT2D eigenvalue weighted by Crippen LogP contribution is -2.37. The van der Waals surface area contributed by atoms with Crippen LogP contribution in [0.5, 0.6) is 0 Å². The molecule has 1 aromatic carbocycles. The Morgan fingerprint density at radius 2 is 1.91 bits per heavy atom. The molecule has 0 aliphatic rings. The summed E-state index contributed by atoms with van der Waals surface area (Å²) in [6.45, 7) is 2.46. The van der Waals surface area contributed by atoms with Gasteiger partial charge in [-0.25, -0.2) is 0 Å². The first-order valence-corrected chi connectivity index (χ1v) is 7.39. The summed E-state index contributed by atoms with van der Waals surface area (Å²) in [6.07, 6.45) is 0.846. The Kier molecular flexibility index (Phi) is 5.61. The maximum Gasteiger partial charge on any atom is 0.287 e. The van der Waals surface area contributed by atoms with Crippen molar-refractivity contribution in [3.8, 4) is 11.3 Å². The predicted molar refractivity (Wildman–Crippen MR) is 84.8 cm³/mol. The van der Waals surface area contributed by atoms with Crippen molar-refractivity contribution >= 4 is 23.4 Å². The molecule has 0 aliphatic heterocycles. The van der Waals surface area contributed by atoms with Gasteiger partial charge in [0.25, 0.3) is 5.91 Å². The van der Waals surface area contributed by atoms with Gasteiger partial charge in [0.05, 0.1) is 11.6 Å². The first-order chi connectivity index (χ1) is 10.6. The molecule has 0 unspecified atom stereocenters. The van der Waals surface area contributed by atoms with E-state index < -0.39 is 5.91 Å². The van der Waals surface area contributed by atoms with Gasteiger partial charge < -0.3 is 15.1 Å². The monoisotopic (exact) mass is 320 g/mol. The third-order valence-corrected chi connectivity index (χ3v) is 3.28. The highest BCUT2D eigenvalue weighted by Gasteiger charge is 2.14. The van der Waals surface area contributed by atoms with E-state index in [2.05, 4.69) is 10.6 Å². The molecule has 0 fully saturated rings. The highest BCUT2D eigenvalue weighted by atomic mass is 35.5. The number of carbonyl (C=O) groups is 2. The predicted octanol–water partition coefficient (Wildman–Crippen LogP) is 2.86. The first kappa shape index (κ1) is 16.1. The number of benzene rings is 1. The second-order valence-electron chi connectivity index (χ2n) is 4.68. The van der Waals surface area contributed by atoms with Crippen LogP contribution < -0.4 is 10.6 Å². The molecule has 0 radical (unpaired) electrons. The highest BCUT2D eigenvalue weighted by Crippen LogP contribution is 2.28. The SMILES string of the molecule is CCCNC(=O)CNC(=O)c1ccc(-c2ccccc2Cl)o1. The van der Waals surface area contributed by atoms with Crippen molar-refractivity contribution in [1.82, 2.24) is 10.6 Å². The number of nitrogens with one attached hydrogen (secondary N) is 2. The number of hydrogen-bond acceptors (Lipinski definition) is 3. The molecule has 2 N–H and O–H groups in total. The summed E-state index contributed by atoms with van der Waals surface area (Å²) in [7, 11) is 0. The van der Waals surface area contributed by atoms with Crippen LogP contribution >= 0.6 is 11.6 Å². The number of hydrogen-bond donors (Lipinski definition) is 2. The molecule has 1 aromatic heterocycles. The van der Waals surface area contributed by atoms with Gasteiger partial charge >= 0.3 is 0 Å². The maximum absolute atomic E-state index is 11.9. The van der Waals surface area contributed by atoms with Crippen molar-refractivity contribution < 1.29 is 14.0 Å². The largest absolute Gasteiger partial charge is 0.451 e. The number of amides is 2. The zero-order valence-corrected chi connectivity index (χ0v) is 12.9. The van der Waals surface area contributed by atoms with Gasteiger partial charge in [0.1, 0.15) is 5.76 Å². The van der Waals surface area contributed by atoms with Gasteiger partial charge in [0.15, 0.2) is 5.76 Å². The third-order valence-electron chi connectivity index (χ3n) is 2.95. The van der Waals surface area contributed by atoms with E-state index in [0.717, 1.165) is 6.42 Å². The zero-order chi connectivity index (χ0) is 15.9. The lowest BCUT2D eigenvalue weighted by atomic mass is 10.2. The molecule has 0 aliphatic carbocycles. The van der Waals surface area contributed by atoms with Crippen LogP contribution in [0, 0.1) is 0 Å². The van der Waals surface area contributed by atoms with E-state index in [1.165, 1.54) is 0 Å². The van der Waals surface area contributed by atoms with Crippen molar-refractivity contribution in [2.24, 2.45) is 0 Å². The van der Waals surface area contributed by atoms with Gasteiger partial charge in [-0.1, -0.05) is 30.7 Å². The third kappa shape index (κ3) is 4.11. The Morgan fingerprint density at radius 1 is 1.14 bits per heavy atom. The van der Waals surface area contributed by atoms with Crippen LogP contribution in [0.25, 0.3) is 11.3 Å². The van der Waals surface area contributed by atoms with Gasteiger partial charge in [0.2, 0.25) is 5.91 Å². The maximum atomic E-state index is 11.9. The average molecular weight is 321 g/mol. The van der Waals surface area contributed by atoms with E-state index >= 15 is 0 Å². The molecule has 0 spiro atoms. The van der Waals surface area contributed by atoms with Crippen molar-refractivity contribution in [1.29, 1.82) is 0 Å². The molecule has 1 heterocycles. The zero-order valence-electron chi connectivity index (χ0n) is 12.2. The second-order valence-corrected chi connectivity index (χ2v) is 5.08. The van der Waals surface area contributed by atoms with Gasteiger partial charge in [-0.3, -0.25) is 9.59 Å². The quantitative estimate of drug-likeness (QED) is 0.859. The lowest BCUT2D eigenvalue weighted by Gasteiger charge is -2.04. The standard InChI is InChI=1S/C16H17ClN2O3/c1-2-9-18-15(20)10-19-16(21)14-8-7-13(22-14)11-5-3-4-6-12(11)17/h3-8H,2,9-10H2,1H3,(H,18,20)(H,19,21). The van der Waals surface area contributed by atoms with Crippen LogP contribution in [0.2, 0.25) is 5.02 Å². The van der Waals surface area contributed by atoms with Crippen LogP contribution in [0.1, 0.15) is 23.9 Å². The van der Waals surface area contributed by atoms with Crippen molar-refractivity contribution in [3.63, 3.8) is 0 Å². The van der Waals surface area contributed by atoms with Crippen LogP contribution in [0.3, 0.4) is 0 Å². The topological polar surface area (TPSA) is 71.3 Å². The first-order valence-electron chi connectivity index (χ1n) is 7.01. The van der Waals surface area contributed by atoms with Crippen molar-refractivity contribution in [2.45, 2.75) is 13.3 Å². The molecule has 6 heteroatoms. The fourth-order valence-electron chi connectivity index (χ4n) is 1.84. The van der Waals surface area contributed by atoms with Gasteiger partial charge in [-0.05, 0) is 30.7 Å². The smallest absolute Gasteiger partial charge is 0.287 e. The molecular weight excluding hydrogens is 304 g/mol. The lowest BCUT2D eigenvalue weighted by molar-refractivity contribution is -0.120. The molecule has 0 atom stereocenters. The summed E-state index contributed by atoms with van der Waals surface area (Å²) in [4.78, 5) is 23.4. The fourth-order valence-corrected chi connectivity index (χ4v) is 2.07. The molecule has 2 aromatic rings. The summed E-state index contributed by atoms with van der Waals surface area (Å²) in [5.41, 5.74) is 0.712. The van der Waals surface area contributed by atoms with E-state index in [9.17, 15) is 9.59 Å². The number of rotatable bonds is 6. The van der Waals surface area contributed by atoms with Crippen LogP contribution in [-0.4, -0.2) is 24.9 Å². The molecule has 2 amide bonds. The number of carbonyl (C=O) groups excluding carboxylic acids is 2. The van der Waals surface area contributed by atoms with Crippen molar-refractivity contribution in [3.05, 3.63) is 47.2 Å². The molecule has 116 valence electrons. The highest BCUT2D eigenvalue weighted by molar-refractivity contribution is 6.33. The Balaban J connectivity index is 1.98. The van der Waals surface area contributed by atoms with Crippen LogP contribution in [0.15, 0.2) is 40.8 Å². The van der Waals surface area contributed by atoms with E-state index in [1.807, 2.05) is 19.1 Å². The van der Waals surface area contributed by atoms with Crippen LogP contribution in [0.4, 0.5) is 0 Å². The molecule has 0 saturated heterocycles. The second kappa shape index (κ2) is 7.66. The summed E-state index contributed by atoms with van der Waals surface area (Å²) in [6, 6.07) is 10.4. The normalized spacial score (nSPS) is 10.3. The van der Waals surface area contributed by atoms with Gasteiger partial charge in [0, 0.05) is 12.1 Å². The Labute approximate surface area is 133 Å². The number of halogens is 1. The van der Waals surface area contributed by atoms with Crippen molar-refractivity contribution in [2.75, 3.05) is 13.1 Å². The summed E-state index contributed by atoms with van der Waals surface area (Å²) in [5, 5.41) is 5.73. The fraction of sp³-hybridized carbons (Fsp3) is 0.250. The minimum Gasteiger partial charge on any atom is -0.451 e. The minimum atomic E-state index is -0.440. The summed E-state index contributed by atoms with van der Waals surface area (Å²) < 4.78 is 5.50. The van der Waals surface area contributed by atoms with Gasteiger partial charge in [-0.15, -0.1) is 0 Å². The number of furan rings is 1.